The van der Waals surface area contributed by atoms with Crippen molar-refractivity contribution in [3.8, 4) is 5.88 Å². The third-order valence-corrected chi connectivity index (χ3v) is 3.70. The van der Waals surface area contributed by atoms with Gasteiger partial charge in [0.25, 0.3) is 5.95 Å². The molecule has 0 saturated heterocycles. The van der Waals surface area contributed by atoms with E-state index in [1.165, 1.54) is 36.2 Å². The first-order chi connectivity index (χ1) is 8.99. The van der Waals surface area contributed by atoms with Crippen molar-refractivity contribution < 1.29 is 24.5 Å². The first-order valence-corrected chi connectivity index (χ1v) is 6.66. The second-order valence-electron chi connectivity index (χ2n) is 3.58. The summed E-state index contributed by atoms with van der Waals surface area (Å²) in [7, 11) is 2.91. The minimum absolute atomic E-state index is 0.00742. The second-order valence-corrected chi connectivity index (χ2v) is 5.25. The van der Waals surface area contributed by atoms with Crippen LogP contribution in [-0.2, 0) is 20.8 Å². The van der Waals surface area contributed by atoms with Crippen molar-refractivity contribution in [3.63, 3.8) is 0 Å². The monoisotopic (exact) mass is 305 g/mol. The zero-order chi connectivity index (χ0) is 14.4. The van der Waals surface area contributed by atoms with E-state index in [1.54, 1.807) is 0 Å². The van der Waals surface area contributed by atoms with Gasteiger partial charge in [0.1, 0.15) is 0 Å². The quantitative estimate of drug-likeness (QED) is 0.595. The Kier molecular flexibility index (Phi) is 5.84. The summed E-state index contributed by atoms with van der Waals surface area (Å²) < 4.78 is 11.8. The lowest BCUT2D eigenvalue weighted by atomic mass is 10.3. The standard InChI is InChI=1S/C11H15NO5S2/c1-16-9(17-2)6-7-10(15)12(11(18)19-7)5-3-4-8(13)14/h6,15H,3-5H2,1-2H3,(H,13,14). The summed E-state index contributed by atoms with van der Waals surface area (Å²) in [4.78, 5) is 11.0. The van der Waals surface area contributed by atoms with Gasteiger partial charge in [-0.2, -0.15) is 0 Å². The number of nitrogens with zero attached hydrogens (tertiary/aromatic N) is 1. The van der Waals surface area contributed by atoms with Crippen LogP contribution in [0.25, 0.3) is 6.08 Å². The highest BCUT2D eigenvalue weighted by atomic mass is 32.1. The zero-order valence-corrected chi connectivity index (χ0v) is 12.2. The van der Waals surface area contributed by atoms with Gasteiger partial charge in [-0.25, -0.2) is 0 Å². The van der Waals surface area contributed by atoms with Crippen LogP contribution < -0.4 is 0 Å². The molecular formula is C11H15NO5S2. The van der Waals surface area contributed by atoms with Crippen LogP contribution in [0.15, 0.2) is 5.95 Å². The van der Waals surface area contributed by atoms with Crippen LogP contribution in [-0.4, -0.2) is 35.0 Å². The molecule has 1 aromatic rings. The van der Waals surface area contributed by atoms with Crippen LogP contribution in [0.5, 0.6) is 5.88 Å². The van der Waals surface area contributed by atoms with Gasteiger partial charge in [-0.05, 0) is 18.6 Å². The topological polar surface area (TPSA) is 80.9 Å². The molecule has 0 spiro atoms. The predicted molar refractivity (Wildman–Crippen MR) is 73.7 cm³/mol. The Morgan fingerprint density at radius 1 is 1.47 bits per heavy atom. The number of carbonyl (C=O) groups is 1. The van der Waals surface area contributed by atoms with Crippen LogP contribution >= 0.6 is 23.6 Å². The average molecular weight is 305 g/mol. The van der Waals surface area contributed by atoms with Crippen molar-refractivity contribution in [1.29, 1.82) is 0 Å². The lowest BCUT2D eigenvalue weighted by Crippen LogP contribution is -2.01. The van der Waals surface area contributed by atoms with Crippen LogP contribution in [0.3, 0.4) is 0 Å². The Balaban J connectivity index is 2.91. The number of methoxy groups -OCH3 is 2. The molecule has 0 aromatic carbocycles. The fourth-order valence-electron chi connectivity index (χ4n) is 1.40. The molecule has 0 aliphatic rings. The Labute approximate surface area is 119 Å². The van der Waals surface area contributed by atoms with Gasteiger partial charge in [0.15, 0.2) is 3.95 Å². The van der Waals surface area contributed by atoms with Crippen molar-refractivity contribution in [2.45, 2.75) is 19.4 Å². The van der Waals surface area contributed by atoms with Crippen molar-refractivity contribution in [2.24, 2.45) is 0 Å². The minimum atomic E-state index is -0.873. The summed E-state index contributed by atoms with van der Waals surface area (Å²) in [6.45, 7) is 0.358. The molecule has 19 heavy (non-hydrogen) atoms. The lowest BCUT2D eigenvalue weighted by molar-refractivity contribution is -0.137. The van der Waals surface area contributed by atoms with Crippen LogP contribution in [0.2, 0.25) is 0 Å². The maximum atomic E-state index is 10.5. The van der Waals surface area contributed by atoms with Gasteiger partial charge in [-0.15, -0.1) is 11.3 Å². The van der Waals surface area contributed by atoms with Crippen molar-refractivity contribution >= 4 is 35.6 Å². The highest BCUT2D eigenvalue weighted by Gasteiger charge is 2.12. The molecule has 6 nitrogen and oxygen atoms in total. The van der Waals surface area contributed by atoms with Crippen LogP contribution in [0.4, 0.5) is 0 Å². The van der Waals surface area contributed by atoms with Gasteiger partial charge in [0.2, 0.25) is 5.88 Å². The van der Waals surface area contributed by atoms with E-state index < -0.39 is 5.97 Å². The molecule has 0 bridgehead atoms. The Bertz CT molecular complexity index is 526. The maximum absolute atomic E-state index is 10.5. The van der Waals surface area contributed by atoms with Crippen molar-refractivity contribution in [2.75, 3.05) is 14.2 Å². The molecule has 0 atom stereocenters. The van der Waals surface area contributed by atoms with Gasteiger partial charge in [0.05, 0.1) is 19.1 Å². The normalized spacial score (nSPS) is 10.0. The third kappa shape index (κ3) is 4.25. The smallest absolute Gasteiger partial charge is 0.303 e. The Morgan fingerprint density at radius 3 is 2.63 bits per heavy atom. The SMILES string of the molecule is COC(=Cc1sc(=S)n(CCCC(=O)O)c1O)OC. The molecule has 0 aliphatic carbocycles. The van der Waals surface area contributed by atoms with Gasteiger partial charge in [-0.3, -0.25) is 9.36 Å². The third-order valence-electron chi connectivity index (χ3n) is 2.32. The molecule has 0 unspecified atom stereocenters. The number of rotatable bonds is 7. The summed E-state index contributed by atoms with van der Waals surface area (Å²) >= 11 is 6.33. The first kappa shape index (κ1) is 15.5. The fraction of sp³-hybridized carbons (Fsp3) is 0.455. The number of aromatic hydroxyl groups is 1. The van der Waals surface area contributed by atoms with Gasteiger partial charge in [-0.1, -0.05) is 0 Å². The van der Waals surface area contributed by atoms with Gasteiger partial charge >= 0.3 is 5.97 Å². The predicted octanol–water partition coefficient (Wildman–Crippen LogP) is 2.44. The molecule has 106 valence electrons. The number of ether oxygens (including phenoxy) is 2. The summed E-state index contributed by atoms with van der Waals surface area (Å²) in [5.41, 5.74) is 0. The fourth-order valence-corrected chi connectivity index (χ4v) is 2.68. The maximum Gasteiger partial charge on any atom is 0.303 e. The van der Waals surface area contributed by atoms with E-state index in [-0.39, 0.29) is 18.2 Å². The number of carboxylic acids is 1. The van der Waals surface area contributed by atoms with Gasteiger partial charge < -0.3 is 19.7 Å². The number of thiazole rings is 1. The number of aromatic nitrogens is 1. The molecular weight excluding hydrogens is 290 g/mol. The minimum Gasteiger partial charge on any atom is -0.493 e. The van der Waals surface area contributed by atoms with Crippen molar-refractivity contribution in [3.05, 3.63) is 14.8 Å². The molecule has 1 rings (SSSR count). The van der Waals surface area contributed by atoms with Crippen LogP contribution in [0.1, 0.15) is 17.7 Å². The number of hydrogen-bond acceptors (Lipinski definition) is 6. The summed E-state index contributed by atoms with van der Waals surface area (Å²) in [5, 5.41) is 18.6. The Hall–Kier alpha value is -1.54. The first-order valence-electron chi connectivity index (χ1n) is 5.43. The Morgan fingerprint density at radius 2 is 2.11 bits per heavy atom. The highest BCUT2D eigenvalue weighted by molar-refractivity contribution is 7.73. The number of hydrogen-bond donors (Lipinski definition) is 2. The lowest BCUT2D eigenvalue weighted by Gasteiger charge is -2.04. The summed E-state index contributed by atoms with van der Waals surface area (Å²) in [6.07, 6.45) is 1.96. The second kappa shape index (κ2) is 7.15. The molecule has 1 aromatic heterocycles. The van der Waals surface area contributed by atoms with Gasteiger partial charge in [0, 0.05) is 19.0 Å². The van der Waals surface area contributed by atoms with E-state index in [0.717, 1.165) is 0 Å². The number of aliphatic carboxylic acids is 1. The van der Waals surface area contributed by atoms with E-state index >= 15 is 0 Å². The van der Waals surface area contributed by atoms with E-state index in [1.807, 2.05) is 0 Å². The molecule has 0 aliphatic heterocycles. The van der Waals surface area contributed by atoms with E-state index in [2.05, 4.69) is 0 Å². The number of carboxylic acid groups (broad SMARTS) is 1. The van der Waals surface area contributed by atoms with E-state index in [0.29, 0.717) is 21.8 Å². The summed E-state index contributed by atoms with van der Waals surface area (Å²) in [5.74, 6) is -0.626. The molecule has 2 N–H and O–H groups in total. The largest absolute Gasteiger partial charge is 0.493 e. The zero-order valence-electron chi connectivity index (χ0n) is 10.6. The van der Waals surface area contributed by atoms with Crippen LogP contribution in [0, 0.1) is 3.95 Å². The van der Waals surface area contributed by atoms with E-state index in [9.17, 15) is 9.90 Å². The van der Waals surface area contributed by atoms with E-state index in [4.69, 9.17) is 26.8 Å². The van der Waals surface area contributed by atoms with Crippen molar-refractivity contribution in [1.82, 2.24) is 4.57 Å². The molecule has 0 radical (unpaired) electrons. The highest BCUT2D eigenvalue weighted by Crippen LogP contribution is 2.29. The molecule has 8 heteroatoms. The molecule has 0 fully saturated rings. The summed E-state index contributed by atoms with van der Waals surface area (Å²) in [6, 6.07) is 0. The molecule has 0 saturated carbocycles. The molecule has 1 heterocycles. The molecule has 0 amide bonds. The average Bonchev–Trinajstić information content (AvgIpc) is 2.62.